The molecule has 0 bridgehead atoms. The van der Waals surface area contributed by atoms with Crippen molar-refractivity contribution in [2.75, 3.05) is 0 Å². The van der Waals surface area contributed by atoms with Gasteiger partial charge >= 0.3 is 25.8 Å². The third-order valence-corrected chi connectivity index (χ3v) is 0. The predicted molar refractivity (Wildman–Crippen MR) is 17.2 cm³/mol. The topological polar surface area (TPSA) is 63.0 Å². The van der Waals surface area contributed by atoms with E-state index in [9.17, 15) is 0 Å². The van der Waals surface area contributed by atoms with Crippen LogP contribution in [0.1, 0.15) is 0 Å². The first-order valence-corrected chi connectivity index (χ1v) is 0. The molecular formula is H7CoInO2. The van der Waals surface area contributed by atoms with Crippen LogP contribution in [0.2, 0.25) is 0 Å². The Morgan fingerprint density at radius 2 is 0.750 bits per heavy atom. The van der Waals surface area contributed by atoms with Crippen molar-refractivity contribution in [1.82, 2.24) is 0 Å². The summed E-state index contributed by atoms with van der Waals surface area (Å²) in [6.45, 7) is 0. The zero-order valence-electron chi connectivity index (χ0n) is 1.33. The SMILES string of the molecule is O.O.[Co].[InH3]. The Morgan fingerprint density at radius 1 is 0.750 bits per heavy atom. The molecule has 1 radical (unpaired) electrons. The van der Waals surface area contributed by atoms with E-state index in [1.54, 1.807) is 0 Å². The monoisotopic (exact) mass is 213 g/mol. The molecule has 0 amide bonds. The van der Waals surface area contributed by atoms with Gasteiger partial charge in [0.15, 0.2) is 0 Å². The van der Waals surface area contributed by atoms with E-state index in [-0.39, 0.29) is 53.6 Å². The predicted octanol–water partition coefficient (Wildman–Crippen LogP) is -2.84. The van der Waals surface area contributed by atoms with E-state index in [4.69, 9.17) is 0 Å². The van der Waals surface area contributed by atoms with Crippen LogP contribution < -0.4 is 0 Å². The van der Waals surface area contributed by atoms with Crippen molar-refractivity contribution >= 4 is 25.8 Å². The van der Waals surface area contributed by atoms with E-state index in [2.05, 4.69) is 0 Å². The van der Waals surface area contributed by atoms with E-state index in [1.165, 1.54) is 0 Å². The van der Waals surface area contributed by atoms with Crippen molar-refractivity contribution in [3.8, 4) is 0 Å². The van der Waals surface area contributed by atoms with Crippen molar-refractivity contribution in [2.24, 2.45) is 0 Å². The van der Waals surface area contributed by atoms with Crippen molar-refractivity contribution in [3.05, 3.63) is 0 Å². The number of hydrogen-bond donors (Lipinski definition) is 0. The van der Waals surface area contributed by atoms with Gasteiger partial charge in [-0.15, -0.1) is 0 Å². The first-order chi connectivity index (χ1) is 0. The molecule has 4 N–H and O–H groups in total. The average molecular weight is 213 g/mol. The van der Waals surface area contributed by atoms with Gasteiger partial charge in [0.2, 0.25) is 0 Å². The molecule has 0 unspecified atom stereocenters. The van der Waals surface area contributed by atoms with Gasteiger partial charge in [-0.25, -0.2) is 0 Å². The first kappa shape index (κ1) is 58.2. The summed E-state index contributed by atoms with van der Waals surface area (Å²) in [6, 6.07) is 0. The summed E-state index contributed by atoms with van der Waals surface area (Å²) in [5, 5.41) is 0. The molecule has 0 aliphatic rings. The van der Waals surface area contributed by atoms with Crippen molar-refractivity contribution < 1.29 is 27.7 Å². The minimum absolute atomic E-state index is 0. The third kappa shape index (κ3) is 10.3. The zero-order chi connectivity index (χ0) is 0. The van der Waals surface area contributed by atoms with Crippen LogP contribution in [0.25, 0.3) is 0 Å². The Morgan fingerprint density at radius 3 is 0.750 bits per heavy atom. The minimum atomic E-state index is 0. The van der Waals surface area contributed by atoms with E-state index in [0.29, 0.717) is 0 Å². The third-order valence-electron chi connectivity index (χ3n) is 0. The fourth-order valence-corrected chi connectivity index (χ4v) is 0. The molecule has 0 heterocycles. The molecule has 2 nitrogen and oxygen atoms in total. The Bertz CT molecular complexity index is 6.00. The number of rotatable bonds is 0. The maximum absolute atomic E-state index is 0. The van der Waals surface area contributed by atoms with Gasteiger partial charge in [-0.3, -0.25) is 0 Å². The quantitative estimate of drug-likeness (QED) is 0.416. The van der Waals surface area contributed by atoms with Gasteiger partial charge in [-0.1, -0.05) is 0 Å². The van der Waals surface area contributed by atoms with Crippen LogP contribution in [0, 0.1) is 0 Å². The molecule has 4 heavy (non-hydrogen) atoms. The molecule has 0 aromatic carbocycles. The molecule has 0 aliphatic carbocycles. The summed E-state index contributed by atoms with van der Waals surface area (Å²) in [6.07, 6.45) is 0. The van der Waals surface area contributed by atoms with Crippen LogP contribution in [0.15, 0.2) is 0 Å². The van der Waals surface area contributed by atoms with E-state index in [1.807, 2.05) is 0 Å². The molecule has 0 aromatic heterocycles. The second-order valence-corrected chi connectivity index (χ2v) is 0. The molecule has 0 saturated heterocycles. The summed E-state index contributed by atoms with van der Waals surface area (Å²) < 4.78 is 0. The van der Waals surface area contributed by atoms with Crippen LogP contribution in [0.3, 0.4) is 0 Å². The van der Waals surface area contributed by atoms with Crippen LogP contribution in [0.5, 0.6) is 0 Å². The molecule has 0 aromatic rings. The fraction of sp³-hybridized carbons (Fsp3) is 0. The van der Waals surface area contributed by atoms with E-state index >= 15 is 0 Å². The first-order valence-electron chi connectivity index (χ1n) is 0. The fourth-order valence-electron chi connectivity index (χ4n) is 0. The molecule has 0 atom stereocenters. The van der Waals surface area contributed by atoms with Gasteiger partial charge in [0, 0.05) is 16.8 Å². The van der Waals surface area contributed by atoms with Crippen molar-refractivity contribution in [2.45, 2.75) is 0 Å². The number of hydrogen-bond acceptors (Lipinski definition) is 0. The van der Waals surface area contributed by atoms with Crippen LogP contribution in [-0.2, 0) is 16.8 Å². The van der Waals surface area contributed by atoms with E-state index in [0.717, 1.165) is 0 Å². The van der Waals surface area contributed by atoms with Crippen LogP contribution in [0.4, 0.5) is 0 Å². The Balaban J connectivity index is 0. The Kier molecular flexibility index (Phi) is 404. The molecule has 0 saturated carbocycles. The summed E-state index contributed by atoms with van der Waals surface area (Å²) >= 11 is 0. The molecule has 0 fully saturated rings. The van der Waals surface area contributed by atoms with Gasteiger partial charge < -0.3 is 11.0 Å². The summed E-state index contributed by atoms with van der Waals surface area (Å²) in [4.78, 5) is 0. The second kappa shape index (κ2) is 27.8. The normalized spacial score (nSPS) is 0. The Hall–Kier alpha value is 1.30. The molecular weight excluding hydrogens is 206 g/mol. The van der Waals surface area contributed by atoms with Gasteiger partial charge in [0.1, 0.15) is 0 Å². The molecule has 31 valence electrons. The molecule has 0 rings (SSSR count). The standard InChI is InChI=1S/Co.In.2H2O.3H/h;;2*1H2;;;. The van der Waals surface area contributed by atoms with Gasteiger partial charge in [0.05, 0.1) is 0 Å². The molecule has 0 spiro atoms. The summed E-state index contributed by atoms with van der Waals surface area (Å²) in [5.74, 6) is 0. The summed E-state index contributed by atoms with van der Waals surface area (Å²) in [7, 11) is 0. The van der Waals surface area contributed by atoms with Gasteiger partial charge in [-0.2, -0.15) is 0 Å². The van der Waals surface area contributed by atoms with Crippen molar-refractivity contribution in [1.29, 1.82) is 0 Å². The average Bonchev–Trinajstić information content (AvgIpc) is 0. The second-order valence-electron chi connectivity index (χ2n) is 0. The molecule has 4 heteroatoms. The summed E-state index contributed by atoms with van der Waals surface area (Å²) in [5.41, 5.74) is 0. The Labute approximate surface area is 53.6 Å². The zero-order valence-corrected chi connectivity index (χ0v) is 2.37. The van der Waals surface area contributed by atoms with Gasteiger partial charge in [-0.05, 0) is 0 Å². The molecule has 0 aliphatic heterocycles. The maximum atomic E-state index is 0. The van der Waals surface area contributed by atoms with Crippen molar-refractivity contribution in [3.63, 3.8) is 0 Å². The van der Waals surface area contributed by atoms with E-state index < -0.39 is 0 Å². The van der Waals surface area contributed by atoms with Crippen LogP contribution in [-0.4, -0.2) is 36.8 Å². The van der Waals surface area contributed by atoms with Gasteiger partial charge in [0.25, 0.3) is 0 Å². The van der Waals surface area contributed by atoms with Crippen LogP contribution >= 0.6 is 0 Å².